The Labute approximate surface area is 289 Å². The summed E-state index contributed by atoms with van der Waals surface area (Å²) in [4.78, 5) is 95.2. The number of benzene rings is 1. The summed E-state index contributed by atoms with van der Waals surface area (Å²) >= 11 is 0. The van der Waals surface area contributed by atoms with Crippen molar-refractivity contribution in [2.24, 2.45) is 10.8 Å². The zero-order valence-electron chi connectivity index (χ0n) is 29.8. The van der Waals surface area contributed by atoms with Crippen molar-refractivity contribution in [3.8, 4) is 0 Å². The number of Topliss-reactive ketones (excluding diaryl/α,β-unsaturated/α-hetero) is 1. The summed E-state index contributed by atoms with van der Waals surface area (Å²) in [6.07, 6.45) is 3.18. The Morgan fingerprint density at radius 2 is 1.65 bits per heavy atom. The molecule has 1 fully saturated rings. The second-order valence-corrected chi connectivity index (χ2v) is 14.9. The summed E-state index contributed by atoms with van der Waals surface area (Å²) in [5, 5.41) is 10.8. The third-order valence-corrected chi connectivity index (χ3v) is 8.92. The first-order valence-corrected chi connectivity index (χ1v) is 16.9. The van der Waals surface area contributed by atoms with E-state index in [4.69, 9.17) is 0 Å². The highest BCUT2D eigenvalue weighted by molar-refractivity contribution is 6.38. The first-order chi connectivity index (χ1) is 22.9. The second-order valence-electron chi connectivity index (χ2n) is 14.9. The van der Waals surface area contributed by atoms with Crippen molar-refractivity contribution in [2.45, 2.75) is 105 Å². The number of amides is 7. The smallest absolute Gasteiger partial charge is 0.315 e. The number of hydrogen-bond donors (Lipinski definition) is 4. The molecule has 2 aliphatic heterocycles. The Morgan fingerprint density at radius 3 is 2.27 bits per heavy atom. The molecular formula is C36H52N6O7. The third-order valence-electron chi connectivity index (χ3n) is 8.92. The molecule has 1 saturated heterocycles. The van der Waals surface area contributed by atoms with Gasteiger partial charge in [-0.25, -0.2) is 4.79 Å². The second kappa shape index (κ2) is 16.2. The monoisotopic (exact) mass is 680 g/mol. The lowest BCUT2D eigenvalue weighted by molar-refractivity contribution is -0.143. The first-order valence-electron chi connectivity index (χ1n) is 16.9. The standard InChI is InChI=1S/C36H52N6O7/c1-9-14-24(28(44)31(46)37-18-10-2)38-30(45)25-17-13-19-41(25)33(48)29(36(6,7)8)40-34(49)39-26(35(3,4)5)21-42-27(43)20-22-15-11-12-16-23(22)32(42)47/h10-12,15-16,24-26,29H,2,9,13-14,17-21H2,1,3-8H3,(H,37,46)(H,38,45)(H2,39,40,49)/t24?,25-,26+,29+/m0/s1. The number of hydrogen-bond acceptors (Lipinski definition) is 7. The Hall–Kier alpha value is -4.55. The molecule has 2 aliphatic rings. The maximum atomic E-state index is 14.1. The number of fused-ring (bicyclic) bond motifs is 1. The van der Waals surface area contributed by atoms with E-state index in [1.165, 1.54) is 11.0 Å². The molecule has 0 aliphatic carbocycles. The number of ketones is 1. The SMILES string of the molecule is C=CCNC(=O)C(=O)C(CCC)NC(=O)[C@@H]1CCCN1C(=O)[C@@H](NC(=O)N[C@H](CN1C(=O)Cc2ccccc2C1=O)C(C)(C)C)C(C)(C)C. The molecule has 13 nitrogen and oxygen atoms in total. The molecule has 3 rings (SSSR count). The Bertz CT molecular complexity index is 1460. The van der Waals surface area contributed by atoms with E-state index in [-0.39, 0.29) is 38.4 Å². The number of likely N-dealkylation sites (tertiary alicyclic amines) is 1. The minimum Gasteiger partial charge on any atom is -0.346 e. The van der Waals surface area contributed by atoms with Gasteiger partial charge in [-0.3, -0.25) is 33.7 Å². The van der Waals surface area contributed by atoms with Gasteiger partial charge in [0.25, 0.3) is 11.8 Å². The number of nitrogens with zero attached hydrogens (tertiary/aromatic N) is 2. The van der Waals surface area contributed by atoms with Gasteiger partial charge in [0, 0.05) is 25.2 Å². The van der Waals surface area contributed by atoms with Crippen LogP contribution in [0.5, 0.6) is 0 Å². The van der Waals surface area contributed by atoms with Crippen molar-refractivity contribution in [1.29, 1.82) is 0 Å². The van der Waals surface area contributed by atoms with Crippen molar-refractivity contribution in [3.63, 3.8) is 0 Å². The lowest BCUT2D eigenvalue weighted by Gasteiger charge is -2.38. The minimum absolute atomic E-state index is 0.0608. The molecule has 268 valence electrons. The summed E-state index contributed by atoms with van der Waals surface area (Å²) in [7, 11) is 0. The topological polar surface area (TPSA) is 174 Å². The van der Waals surface area contributed by atoms with Crippen LogP contribution in [-0.4, -0.2) is 95.0 Å². The number of imide groups is 1. The zero-order valence-corrected chi connectivity index (χ0v) is 29.8. The fraction of sp³-hybridized carbons (Fsp3) is 0.583. The van der Waals surface area contributed by atoms with Crippen molar-refractivity contribution < 1.29 is 33.6 Å². The normalized spacial score (nSPS) is 18.1. The summed E-state index contributed by atoms with van der Waals surface area (Å²) < 4.78 is 0. The summed E-state index contributed by atoms with van der Waals surface area (Å²) in [5.74, 6) is -3.40. The van der Waals surface area contributed by atoms with Crippen LogP contribution in [0.15, 0.2) is 36.9 Å². The molecular weight excluding hydrogens is 628 g/mol. The van der Waals surface area contributed by atoms with Gasteiger partial charge in [0.2, 0.25) is 23.5 Å². The quantitative estimate of drug-likeness (QED) is 0.141. The Balaban J connectivity index is 1.75. The highest BCUT2D eigenvalue weighted by atomic mass is 16.2. The molecule has 0 bridgehead atoms. The van der Waals surface area contributed by atoms with E-state index >= 15 is 0 Å². The van der Waals surface area contributed by atoms with Gasteiger partial charge in [0.05, 0.1) is 18.5 Å². The molecule has 7 amide bonds. The molecule has 0 saturated carbocycles. The summed E-state index contributed by atoms with van der Waals surface area (Å²) in [5.41, 5.74) is -0.248. The molecule has 0 aromatic heterocycles. The van der Waals surface area contributed by atoms with E-state index in [9.17, 15) is 33.6 Å². The minimum atomic E-state index is -1.05. The van der Waals surface area contributed by atoms with Crippen LogP contribution in [0.1, 0.15) is 90.1 Å². The average Bonchev–Trinajstić information content (AvgIpc) is 3.52. The van der Waals surface area contributed by atoms with Crippen LogP contribution in [-0.2, 0) is 30.4 Å². The van der Waals surface area contributed by atoms with E-state index < -0.39 is 70.4 Å². The number of carbonyl (C=O) groups excluding carboxylic acids is 7. The van der Waals surface area contributed by atoms with Crippen LogP contribution in [0, 0.1) is 10.8 Å². The van der Waals surface area contributed by atoms with Gasteiger partial charge in [-0.2, -0.15) is 0 Å². The summed E-state index contributed by atoms with van der Waals surface area (Å²) in [6.45, 7) is 16.7. The van der Waals surface area contributed by atoms with Gasteiger partial charge < -0.3 is 26.2 Å². The van der Waals surface area contributed by atoms with Gasteiger partial charge in [-0.05, 0) is 41.7 Å². The maximum Gasteiger partial charge on any atom is 0.315 e. The van der Waals surface area contributed by atoms with E-state index in [0.29, 0.717) is 30.4 Å². The lowest BCUT2D eigenvalue weighted by Crippen LogP contribution is -2.62. The predicted octanol–water partition coefficient (Wildman–Crippen LogP) is 2.49. The van der Waals surface area contributed by atoms with Crippen molar-refractivity contribution in [2.75, 3.05) is 19.6 Å². The Kier molecular flexibility index (Phi) is 12.9. The molecule has 1 aromatic carbocycles. The van der Waals surface area contributed by atoms with Crippen LogP contribution in [0.25, 0.3) is 0 Å². The van der Waals surface area contributed by atoms with E-state index in [0.717, 1.165) is 4.90 Å². The summed E-state index contributed by atoms with van der Waals surface area (Å²) in [6, 6.07) is 2.62. The molecule has 4 atom stereocenters. The first kappa shape index (κ1) is 38.9. The van der Waals surface area contributed by atoms with Gasteiger partial charge in [0.15, 0.2) is 0 Å². The van der Waals surface area contributed by atoms with Crippen LogP contribution in [0.2, 0.25) is 0 Å². The third kappa shape index (κ3) is 9.76. The van der Waals surface area contributed by atoms with Crippen molar-refractivity contribution in [1.82, 2.24) is 31.1 Å². The van der Waals surface area contributed by atoms with Gasteiger partial charge >= 0.3 is 6.03 Å². The van der Waals surface area contributed by atoms with E-state index in [2.05, 4.69) is 27.8 Å². The molecule has 2 heterocycles. The molecule has 0 spiro atoms. The van der Waals surface area contributed by atoms with Crippen molar-refractivity contribution >= 4 is 41.4 Å². The Morgan fingerprint density at radius 1 is 0.980 bits per heavy atom. The zero-order chi connectivity index (χ0) is 36.7. The molecule has 13 heteroatoms. The highest BCUT2D eigenvalue weighted by Crippen LogP contribution is 2.28. The molecule has 49 heavy (non-hydrogen) atoms. The fourth-order valence-electron chi connectivity index (χ4n) is 5.99. The predicted molar refractivity (Wildman–Crippen MR) is 184 cm³/mol. The van der Waals surface area contributed by atoms with E-state index in [1.54, 1.807) is 45.0 Å². The molecule has 1 aromatic rings. The fourth-order valence-corrected chi connectivity index (χ4v) is 5.99. The largest absolute Gasteiger partial charge is 0.346 e. The van der Waals surface area contributed by atoms with Crippen LogP contribution in [0.4, 0.5) is 4.79 Å². The number of rotatable bonds is 13. The van der Waals surface area contributed by atoms with E-state index in [1.807, 2.05) is 27.7 Å². The highest BCUT2D eigenvalue weighted by Gasteiger charge is 2.43. The number of nitrogens with one attached hydrogen (secondary N) is 4. The molecule has 0 radical (unpaired) electrons. The average molecular weight is 681 g/mol. The number of urea groups is 1. The van der Waals surface area contributed by atoms with Crippen LogP contribution < -0.4 is 21.3 Å². The molecule has 4 N–H and O–H groups in total. The number of carbonyl (C=O) groups is 7. The van der Waals surface area contributed by atoms with Gasteiger partial charge in [0.1, 0.15) is 12.1 Å². The van der Waals surface area contributed by atoms with Gasteiger partial charge in [-0.15, -0.1) is 6.58 Å². The van der Waals surface area contributed by atoms with Gasteiger partial charge in [-0.1, -0.05) is 79.2 Å². The molecule has 1 unspecified atom stereocenters. The lowest BCUT2D eigenvalue weighted by atomic mass is 9.85. The van der Waals surface area contributed by atoms with Crippen molar-refractivity contribution in [3.05, 3.63) is 48.0 Å². The van der Waals surface area contributed by atoms with Crippen LogP contribution >= 0.6 is 0 Å². The maximum absolute atomic E-state index is 14.1. The van der Waals surface area contributed by atoms with Crippen LogP contribution in [0.3, 0.4) is 0 Å².